The molecule has 5 nitrogen and oxygen atoms in total. The number of aliphatic hydroxyl groups is 1. The van der Waals surface area contributed by atoms with Gasteiger partial charge < -0.3 is 5.11 Å². The highest BCUT2D eigenvalue weighted by atomic mass is 32.2. The lowest BCUT2D eigenvalue weighted by Crippen LogP contribution is -2.35. The molecule has 0 aliphatic rings. The Morgan fingerprint density at radius 3 is 2.71 bits per heavy atom. The lowest BCUT2D eigenvalue weighted by Gasteiger charge is -2.13. The second-order valence-corrected chi connectivity index (χ2v) is 6.27. The highest BCUT2D eigenvalue weighted by molar-refractivity contribution is 7.89. The van der Waals surface area contributed by atoms with Crippen LogP contribution in [0.3, 0.4) is 0 Å². The summed E-state index contributed by atoms with van der Waals surface area (Å²) in [7, 11) is -4.02. The van der Waals surface area contributed by atoms with Crippen LogP contribution in [0.4, 0.5) is 8.78 Å². The van der Waals surface area contributed by atoms with E-state index in [2.05, 4.69) is 4.98 Å². The smallest absolute Gasteiger partial charge is 0.265 e. The number of pyridine rings is 1. The first-order chi connectivity index (χ1) is 9.83. The summed E-state index contributed by atoms with van der Waals surface area (Å²) in [6.45, 7) is 1.04. The zero-order chi connectivity index (χ0) is 15.6. The van der Waals surface area contributed by atoms with Crippen LogP contribution in [0.15, 0.2) is 35.4 Å². The summed E-state index contributed by atoms with van der Waals surface area (Å²) in [5.41, 5.74) is 1.33. The van der Waals surface area contributed by atoms with Crippen LogP contribution < -0.4 is 4.72 Å². The summed E-state index contributed by atoms with van der Waals surface area (Å²) in [5.74, 6) is 0. The van der Waals surface area contributed by atoms with Crippen LogP contribution in [0.1, 0.15) is 5.56 Å². The van der Waals surface area contributed by atoms with Gasteiger partial charge in [0.25, 0.3) is 6.43 Å². The maximum Gasteiger partial charge on any atom is 0.265 e. The zero-order valence-electron chi connectivity index (χ0n) is 11.1. The van der Waals surface area contributed by atoms with Crippen LogP contribution >= 0.6 is 0 Å². The topological polar surface area (TPSA) is 79.3 Å². The molecule has 1 unspecified atom stereocenters. The second kappa shape index (κ2) is 6.00. The summed E-state index contributed by atoms with van der Waals surface area (Å²) in [6, 6.07) is 6.16. The third kappa shape index (κ3) is 3.34. The lowest BCUT2D eigenvalue weighted by atomic mass is 10.1. The highest BCUT2D eigenvalue weighted by Crippen LogP contribution is 2.24. The molecule has 8 heteroatoms. The SMILES string of the molecule is Cc1ccc(S(=O)(=O)NCC(O)C(F)F)c2cccnc12. The number of benzene rings is 1. The summed E-state index contributed by atoms with van der Waals surface area (Å²) < 4.78 is 50.8. The van der Waals surface area contributed by atoms with Gasteiger partial charge in [-0.1, -0.05) is 6.07 Å². The third-order valence-corrected chi connectivity index (χ3v) is 4.48. The van der Waals surface area contributed by atoms with E-state index >= 15 is 0 Å². The summed E-state index contributed by atoms with van der Waals surface area (Å²) in [6.07, 6.45) is -3.52. The molecule has 114 valence electrons. The summed E-state index contributed by atoms with van der Waals surface area (Å²) in [5, 5.41) is 9.40. The van der Waals surface area contributed by atoms with E-state index in [1.807, 2.05) is 4.72 Å². The van der Waals surface area contributed by atoms with Crippen molar-refractivity contribution in [3.05, 3.63) is 36.0 Å². The minimum absolute atomic E-state index is 0.0577. The molecule has 21 heavy (non-hydrogen) atoms. The van der Waals surface area contributed by atoms with Gasteiger partial charge in [0.15, 0.2) is 0 Å². The maximum atomic E-state index is 12.2. The van der Waals surface area contributed by atoms with Crippen LogP contribution in [0.25, 0.3) is 10.9 Å². The molecule has 0 saturated heterocycles. The average Bonchev–Trinajstić information content (AvgIpc) is 2.45. The Morgan fingerprint density at radius 1 is 1.33 bits per heavy atom. The van der Waals surface area contributed by atoms with Gasteiger partial charge in [-0.25, -0.2) is 21.9 Å². The van der Waals surface area contributed by atoms with Crippen molar-refractivity contribution in [2.24, 2.45) is 0 Å². The standard InChI is InChI=1S/C13H14F2N2O3S/c1-8-4-5-11(9-3-2-6-16-12(8)9)21(19,20)17-7-10(18)13(14)15/h2-6,10,13,17-18H,7H2,1H3. The lowest BCUT2D eigenvalue weighted by molar-refractivity contribution is -0.000449. The monoisotopic (exact) mass is 316 g/mol. The number of hydrogen-bond acceptors (Lipinski definition) is 4. The van der Waals surface area contributed by atoms with Crippen molar-refractivity contribution in [1.29, 1.82) is 0 Å². The number of halogens is 2. The quantitative estimate of drug-likeness (QED) is 0.875. The Kier molecular flexibility index (Phi) is 4.50. The first kappa shape index (κ1) is 15.7. The number of fused-ring (bicyclic) bond motifs is 1. The molecule has 0 aliphatic carbocycles. The summed E-state index contributed by atoms with van der Waals surface area (Å²) in [4.78, 5) is 4.06. The molecular weight excluding hydrogens is 302 g/mol. The van der Waals surface area contributed by atoms with Gasteiger partial charge in [-0.3, -0.25) is 4.98 Å². The van der Waals surface area contributed by atoms with Crippen molar-refractivity contribution in [2.75, 3.05) is 6.54 Å². The predicted octanol–water partition coefficient (Wildman–Crippen LogP) is 1.45. The van der Waals surface area contributed by atoms with E-state index < -0.39 is 29.1 Å². The zero-order valence-corrected chi connectivity index (χ0v) is 11.9. The van der Waals surface area contributed by atoms with Crippen molar-refractivity contribution in [3.63, 3.8) is 0 Å². The van der Waals surface area contributed by atoms with E-state index in [4.69, 9.17) is 5.11 Å². The van der Waals surface area contributed by atoms with Crippen LogP contribution in [0, 0.1) is 6.92 Å². The van der Waals surface area contributed by atoms with Gasteiger partial charge in [-0.05, 0) is 30.7 Å². The molecule has 2 aromatic rings. The number of rotatable bonds is 5. The van der Waals surface area contributed by atoms with E-state index in [1.165, 1.54) is 6.07 Å². The normalized spacial score (nSPS) is 13.8. The fourth-order valence-electron chi connectivity index (χ4n) is 1.88. The molecule has 0 amide bonds. The van der Waals surface area contributed by atoms with Crippen LogP contribution in [-0.2, 0) is 10.0 Å². The van der Waals surface area contributed by atoms with Gasteiger partial charge in [0.2, 0.25) is 10.0 Å². The Bertz CT molecular complexity index is 750. The number of aliphatic hydroxyl groups excluding tert-OH is 1. The largest absolute Gasteiger partial charge is 0.386 e. The van der Waals surface area contributed by atoms with Crippen LogP contribution in [-0.4, -0.2) is 37.6 Å². The molecule has 1 atom stereocenters. The van der Waals surface area contributed by atoms with E-state index in [0.29, 0.717) is 10.9 Å². The Labute approximate surface area is 120 Å². The van der Waals surface area contributed by atoms with Crippen molar-refractivity contribution < 1.29 is 22.3 Å². The molecule has 0 bridgehead atoms. The number of alkyl halides is 2. The van der Waals surface area contributed by atoms with E-state index in [0.717, 1.165) is 5.56 Å². The second-order valence-electron chi connectivity index (χ2n) is 4.53. The van der Waals surface area contributed by atoms with E-state index in [9.17, 15) is 17.2 Å². The predicted molar refractivity (Wildman–Crippen MR) is 73.7 cm³/mol. The average molecular weight is 316 g/mol. The Morgan fingerprint density at radius 2 is 2.05 bits per heavy atom. The molecule has 1 aromatic heterocycles. The number of hydrogen-bond donors (Lipinski definition) is 2. The van der Waals surface area contributed by atoms with Crippen molar-refractivity contribution in [1.82, 2.24) is 9.71 Å². The number of aromatic nitrogens is 1. The first-order valence-electron chi connectivity index (χ1n) is 6.13. The minimum atomic E-state index is -4.02. The highest BCUT2D eigenvalue weighted by Gasteiger charge is 2.23. The molecule has 0 fully saturated rings. The van der Waals surface area contributed by atoms with Gasteiger partial charge in [-0.2, -0.15) is 0 Å². The molecule has 0 spiro atoms. The van der Waals surface area contributed by atoms with Gasteiger partial charge >= 0.3 is 0 Å². The first-order valence-corrected chi connectivity index (χ1v) is 7.61. The van der Waals surface area contributed by atoms with Crippen molar-refractivity contribution >= 4 is 20.9 Å². The third-order valence-electron chi connectivity index (χ3n) is 2.99. The maximum absolute atomic E-state index is 12.2. The van der Waals surface area contributed by atoms with Gasteiger partial charge in [-0.15, -0.1) is 0 Å². The number of nitrogens with zero attached hydrogens (tertiary/aromatic N) is 1. The Hall–Kier alpha value is -1.64. The number of nitrogens with one attached hydrogen (secondary N) is 1. The molecule has 2 rings (SSSR count). The van der Waals surface area contributed by atoms with Gasteiger partial charge in [0.1, 0.15) is 6.10 Å². The Balaban J connectivity index is 2.39. The van der Waals surface area contributed by atoms with E-state index in [-0.39, 0.29) is 4.90 Å². The number of sulfonamides is 1. The molecule has 1 aromatic carbocycles. The fraction of sp³-hybridized carbons (Fsp3) is 0.308. The minimum Gasteiger partial charge on any atom is -0.386 e. The van der Waals surface area contributed by atoms with Crippen molar-refractivity contribution in [3.8, 4) is 0 Å². The van der Waals surface area contributed by atoms with Crippen LogP contribution in [0.2, 0.25) is 0 Å². The molecule has 0 radical (unpaired) electrons. The molecule has 0 saturated carbocycles. The fourth-order valence-corrected chi connectivity index (χ4v) is 3.13. The van der Waals surface area contributed by atoms with Gasteiger partial charge in [0.05, 0.1) is 10.4 Å². The number of aryl methyl sites for hydroxylation is 1. The van der Waals surface area contributed by atoms with Crippen LogP contribution in [0.5, 0.6) is 0 Å². The molecule has 1 heterocycles. The van der Waals surface area contributed by atoms with E-state index in [1.54, 1.807) is 31.3 Å². The molecule has 2 N–H and O–H groups in total. The molecule has 0 aliphatic heterocycles. The van der Waals surface area contributed by atoms with Crippen molar-refractivity contribution in [2.45, 2.75) is 24.3 Å². The molecular formula is C13H14F2N2O3S. The summed E-state index contributed by atoms with van der Waals surface area (Å²) >= 11 is 0. The van der Waals surface area contributed by atoms with Gasteiger partial charge in [0, 0.05) is 18.1 Å².